The first-order valence-electron chi connectivity index (χ1n) is 7.67. The van der Waals surface area contributed by atoms with Crippen LogP contribution in [-0.2, 0) is 6.61 Å². The molecule has 2 aliphatic rings. The van der Waals surface area contributed by atoms with Crippen LogP contribution in [0, 0.1) is 5.92 Å². The van der Waals surface area contributed by atoms with Crippen LogP contribution in [0.2, 0.25) is 0 Å². The quantitative estimate of drug-likeness (QED) is 0.905. The summed E-state index contributed by atoms with van der Waals surface area (Å²) in [6.07, 6.45) is 5.06. The molecule has 0 bridgehead atoms. The molecule has 0 aromatic carbocycles. The van der Waals surface area contributed by atoms with E-state index in [4.69, 9.17) is 4.98 Å². The van der Waals surface area contributed by atoms with Crippen molar-refractivity contribution in [1.29, 1.82) is 0 Å². The molecule has 1 aromatic heterocycles. The topological polar surface area (TPSA) is 39.6 Å². The van der Waals surface area contributed by atoms with Crippen LogP contribution in [0.25, 0.3) is 0 Å². The van der Waals surface area contributed by atoms with Crippen LogP contribution in [0.3, 0.4) is 0 Å². The zero-order chi connectivity index (χ0) is 14.1. The fourth-order valence-electron chi connectivity index (χ4n) is 3.01. The van der Waals surface area contributed by atoms with E-state index in [2.05, 4.69) is 23.9 Å². The maximum Gasteiger partial charge on any atom is 0.185 e. The van der Waals surface area contributed by atoms with E-state index >= 15 is 0 Å². The Balaban J connectivity index is 1.63. The largest absolute Gasteiger partial charge is 0.391 e. The van der Waals surface area contributed by atoms with Crippen molar-refractivity contribution in [3.05, 3.63) is 10.6 Å². The summed E-state index contributed by atoms with van der Waals surface area (Å²) in [7, 11) is 4.35. The molecule has 0 atom stereocenters. The molecule has 1 aliphatic heterocycles. The van der Waals surface area contributed by atoms with Crippen molar-refractivity contribution in [2.75, 3.05) is 38.6 Å². The van der Waals surface area contributed by atoms with Gasteiger partial charge >= 0.3 is 0 Å². The van der Waals surface area contributed by atoms with Gasteiger partial charge in [-0.15, -0.1) is 0 Å². The highest BCUT2D eigenvalue weighted by molar-refractivity contribution is 7.15. The van der Waals surface area contributed by atoms with Gasteiger partial charge in [-0.3, -0.25) is 0 Å². The van der Waals surface area contributed by atoms with Crippen LogP contribution in [-0.4, -0.2) is 48.7 Å². The third-order valence-corrected chi connectivity index (χ3v) is 5.69. The Morgan fingerprint density at radius 3 is 2.60 bits per heavy atom. The SMILES string of the molecule is CN1CCC(CN(C)c2nc(C3CC3)c(CO)s2)CC1. The van der Waals surface area contributed by atoms with Gasteiger partial charge in [0.15, 0.2) is 5.13 Å². The Hall–Kier alpha value is -0.650. The van der Waals surface area contributed by atoms with Crippen LogP contribution in [0.15, 0.2) is 0 Å². The monoisotopic (exact) mass is 295 g/mol. The van der Waals surface area contributed by atoms with Gasteiger partial charge in [-0.2, -0.15) is 0 Å². The summed E-state index contributed by atoms with van der Waals surface area (Å²) >= 11 is 1.68. The van der Waals surface area contributed by atoms with Crippen LogP contribution in [0.4, 0.5) is 5.13 Å². The molecule has 0 spiro atoms. The predicted molar refractivity (Wildman–Crippen MR) is 83.5 cm³/mol. The highest BCUT2D eigenvalue weighted by Gasteiger charge is 2.30. The first-order chi connectivity index (χ1) is 9.67. The zero-order valence-corrected chi connectivity index (χ0v) is 13.3. The number of thiazole rings is 1. The molecule has 1 aromatic rings. The molecular formula is C15H25N3OS. The summed E-state index contributed by atoms with van der Waals surface area (Å²) < 4.78 is 0. The lowest BCUT2D eigenvalue weighted by Gasteiger charge is -2.31. The Morgan fingerprint density at radius 1 is 1.30 bits per heavy atom. The number of likely N-dealkylation sites (tertiary alicyclic amines) is 1. The second kappa shape index (κ2) is 6.00. The van der Waals surface area contributed by atoms with E-state index in [1.807, 2.05) is 0 Å². The van der Waals surface area contributed by atoms with Gasteiger partial charge in [0.05, 0.1) is 17.2 Å². The molecule has 1 saturated carbocycles. The van der Waals surface area contributed by atoms with E-state index in [1.54, 1.807) is 11.3 Å². The molecule has 2 fully saturated rings. The van der Waals surface area contributed by atoms with Gasteiger partial charge in [-0.05, 0) is 51.7 Å². The molecule has 2 heterocycles. The van der Waals surface area contributed by atoms with Gasteiger partial charge in [-0.1, -0.05) is 11.3 Å². The molecule has 4 nitrogen and oxygen atoms in total. The smallest absolute Gasteiger partial charge is 0.185 e. The number of aliphatic hydroxyl groups excluding tert-OH is 1. The number of rotatable bonds is 5. The van der Waals surface area contributed by atoms with Crippen LogP contribution >= 0.6 is 11.3 Å². The Bertz CT molecular complexity index is 450. The average Bonchev–Trinajstić information content (AvgIpc) is 3.20. The third-order valence-electron chi connectivity index (χ3n) is 4.52. The minimum atomic E-state index is 0.144. The standard InChI is InChI=1S/C15H25N3OS/c1-17-7-5-11(6-8-17)9-18(2)15-16-14(12-3-4-12)13(10-19)20-15/h11-12,19H,3-10H2,1-2H3. The zero-order valence-electron chi connectivity index (χ0n) is 12.5. The van der Waals surface area contributed by atoms with Crippen LogP contribution < -0.4 is 4.90 Å². The summed E-state index contributed by atoms with van der Waals surface area (Å²) in [6.45, 7) is 3.67. The van der Waals surface area contributed by atoms with Crippen LogP contribution in [0.5, 0.6) is 0 Å². The molecule has 0 unspecified atom stereocenters. The van der Waals surface area contributed by atoms with E-state index in [1.165, 1.54) is 44.5 Å². The summed E-state index contributed by atoms with van der Waals surface area (Å²) in [4.78, 5) is 10.6. The average molecular weight is 295 g/mol. The number of nitrogens with zero attached hydrogens (tertiary/aromatic N) is 3. The number of piperidine rings is 1. The molecule has 112 valence electrons. The molecule has 1 saturated heterocycles. The van der Waals surface area contributed by atoms with E-state index < -0.39 is 0 Å². The van der Waals surface area contributed by atoms with Gasteiger partial charge in [0.1, 0.15) is 0 Å². The maximum absolute atomic E-state index is 9.49. The minimum absolute atomic E-state index is 0.144. The molecule has 20 heavy (non-hydrogen) atoms. The minimum Gasteiger partial charge on any atom is -0.391 e. The molecule has 0 radical (unpaired) electrons. The summed E-state index contributed by atoms with van der Waals surface area (Å²) in [5.74, 6) is 1.40. The van der Waals surface area contributed by atoms with Crippen molar-refractivity contribution in [2.24, 2.45) is 5.92 Å². The molecular weight excluding hydrogens is 270 g/mol. The summed E-state index contributed by atoms with van der Waals surface area (Å²) in [5.41, 5.74) is 1.17. The van der Waals surface area contributed by atoms with E-state index in [0.29, 0.717) is 5.92 Å². The molecule has 1 N–H and O–H groups in total. The molecule has 0 amide bonds. The summed E-state index contributed by atoms with van der Waals surface area (Å²) in [6, 6.07) is 0. The fourth-order valence-corrected chi connectivity index (χ4v) is 3.99. The lowest BCUT2D eigenvalue weighted by atomic mass is 9.97. The highest BCUT2D eigenvalue weighted by atomic mass is 32.1. The number of hydrogen-bond donors (Lipinski definition) is 1. The second-order valence-corrected chi connectivity index (χ2v) is 7.43. The lowest BCUT2D eigenvalue weighted by molar-refractivity contribution is 0.222. The van der Waals surface area contributed by atoms with Crippen molar-refractivity contribution in [1.82, 2.24) is 9.88 Å². The van der Waals surface area contributed by atoms with Crippen LogP contribution in [0.1, 0.15) is 42.2 Å². The number of aromatic nitrogens is 1. The van der Waals surface area contributed by atoms with Crippen molar-refractivity contribution in [3.63, 3.8) is 0 Å². The number of hydrogen-bond acceptors (Lipinski definition) is 5. The van der Waals surface area contributed by atoms with Gasteiger partial charge in [-0.25, -0.2) is 4.98 Å². The van der Waals surface area contributed by atoms with E-state index in [0.717, 1.165) is 22.5 Å². The van der Waals surface area contributed by atoms with Gasteiger partial charge in [0.25, 0.3) is 0 Å². The Labute approximate surface area is 125 Å². The second-order valence-electron chi connectivity index (χ2n) is 6.36. The van der Waals surface area contributed by atoms with E-state index in [9.17, 15) is 5.11 Å². The molecule has 1 aliphatic carbocycles. The van der Waals surface area contributed by atoms with Gasteiger partial charge < -0.3 is 14.9 Å². The molecule has 3 rings (SSSR count). The predicted octanol–water partition coefficient (Wildman–Crippen LogP) is 2.29. The maximum atomic E-state index is 9.49. The first-order valence-corrected chi connectivity index (χ1v) is 8.49. The Morgan fingerprint density at radius 2 is 2.00 bits per heavy atom. The fraction of sp³-hybridized carbons (Fsp3) is 0.800. The lowest BCUT2D eigenvalue weighted by Crippen LogP contribution is -2.35. The first kappa shape index (κ1) is 14.3. The number of aliphatic hydroxyl groups is 1. The van der Waals surface area contributed by atoms with Crippen molar-refractivity contribution >= 4 is 16.5 Å². The molecule has 5 heteroatoms. The van der Waals surface area contributed by atoms with Crippen molar-refractivity contribution in [3.8, 4) is 0 Å². The van der Waals surface area contributed by atoms with Crippen molar-refractivity contribution in [2.45, 2.75) is 38.2 Å². The Kier molecular flexibility index (Phi) is 4.29. The van der Waals surface area contributed by atoms with E-state index in [-0.39, 0.29) is 6.61 Å². The third kappa shape index (κ3) is 3.15. The highest BCUT2D eigenvalue weighted by Crippen LogP contribution is 2.44. The normalized spacial score (nSPS) is 21.4. The number of anilines is 1. The summed E-state index contributed by atoms with van der Waals surface area (Å²) in [5, 5.41) is 10.6. The van der Waals surface area contributed by atoms with Gasteiger partial charge in [0, 0.05) is 19.5 Å². The van der Waals surface area contributed by atoms with Gasteiger partial charge in [0.2, 0.25) is 0 Å². The van der Waals surface area contributed by atoms with Crippen molar-refractivity contribution < 1.29 is 5.11 Å².